The number of aryl methyl sites for hydroxylation is 1. The lowest BCUT2D eigenvalue weighted by atomic mass is 9.44. The fraction of sp³-hybridized carbons (Fsp3) is 0.667. The van der Waals surface area contributed by atoms with E-state index in [9.17, 15) is 19.8 Å². The zero-order valence-corrected chi connectivity index (χ0v) is 22.1. The first-order valence-corrected chi connectivity index (χ1v) is 13.4. The molecule has 2 bridgehead atoms. The van der Waals surface area contributed by atoms with E-state index in [4.69, 9.17) is 9.47 Å². The van der Waals surface area contributed by atoms with E-state index in [-0.39, 0.29) is 41.5 Å². The molecule has 1 aliphatic heterocycles. The summed E-state index contributed by atoms with van der Waals surface area (Å²) in [6.45, 7) is 10.7. The van der Waals surface area contributed by atoms with E-state index in [1.165, 1.54) is 0 Å². The monoisotopic (exact) mass is 496 g/mol. The third-order valence-corrected chi connectivity index (χ3v) is 10.6. The Morgan fingerprint density at radius 3 is 2.44 bits per heavy atom. The minimum absolute atomic E-state index is 0.0406. The summed E-state index contributed by atoms with van der Waals surface area (Å²) < 4.78 is 11.8. The summed E-state index contributed by atoms with van der Waals surface area (Å²) >= 11 is 0. The highest BCUT2D eigenvalue weighted by Crippen LogP contribution is 2.64. The largest absolute Gasteiger partial charge is 0.458 e. The maximum atomic E-state index is 14.0. The number of aliphatic hydroxyl groups is 2. The topological polar surface area (TPSA) is 93.1 Å². The third kappa shape index (κ3) is 3.71. The highest BCUT2D eigenvalue weighted by Gasteiger charge is 2.66. The van der Waals surface area contributed by atoms with Gasteiger partial charge in [-0.3, -0.25) is 9.59 Å². The molecule has 1 heterocycles. The molecule has 0 aromatic heterocycles. The van der Waals surface area contributed by atoms with E-state index in [1.54, 1.807) is 0 Å². The van der Waals surface area contributed by atoms with Crippen LogP contribution in [0.5, 0.6) is 0 Å². The number of aliphatic hydroxyl groups excluding tert-OH is 2. The van der Waals surface area contributed by atoms with Crippen LogP contribution in [0.15, 0.2) is 41.5 Å². The molecule has 0 spiro atoms. The first-order chi connectivity index (χ1) is 16.9. The molecular formula is C30H40O6. The second-order valence-electron chi connectivity index (χ2n) is 12.6. The predicted octanol–water partition coefficient (Wildman–Crippen LogP) is 4.02. The van der Waals surface area contributed by atoms with Crippen LogP contribution in [0.1, 0.15) is 65.9 Å². The van der Waals surface area contributed by atoms with Crippen LogP contribution in [0, 0.1) is 28.1 Å². The van der Waals surface area contributed by atoms with Crippen molar-refractivity contribution in [3.05, 3.63) is 47.0 Å². The number of ether oxygens (including phenoxy) is 2. The predicted molar refractivity (Wildman–Crippen MR) is 135 cm³/mol. The molecule has 4 aliphatic rings. The van der Waals surface area contributed by atoms with Crippen molar-refractivity contribution < 1.29 is 29.3 Å². The van der Waals surface area contributed by atoms with Gasteiger partial charge in [0, 0.05) is 18.8 Å². The first-order valence-electron chi connectivity index (χ1n) is 13.4. The number of esters is 1. The Balaban J connectivity index is 1.48. The second kappa shape index (κ2) is 8.78. The number of carbonyl (C=O) groups is 2. The molecule has 0 radical (unpaired) electrons. The van der Waals surface area contributed by atoms with E-state index in [0.29, 0.717) is 37.9 Å². The smallest absolute Gasteiger partial charge is 0.306 e. The number of benzene rings is 1. The zero-order valence-electron chi connectivity index (χ0n) is 22.1. The number of hydrogen-bond acceptors (Lipinski definition) is 6. The number of ketones is 1. The van der Waals surface area contributed by atoms with Crippen LogP contribution >= 0.6 is 0 Å². The van der Waals surface area contributed by atoms with E-state index in [0.717, 1.165) is 11.1 Å². The van der Waals surface area contributed by atoms with Gasteiger partial charge in [-0.05, 0) is 66.6 Å². The average Bonchev–Trinajstić information content (AvgIpc) is 2.81. The quantitative estimate of drug-likeness (QED) is 0.483. The second-order valence-corrected chi connectivity index (χ2v) is 12.6. The summed E-state index contributed by atoms with van der Waals surface area (Å²) in [5, 5.41) is 22.8. The van der Waals surface area contributed by atoms with E-state index < -0.39 is 29.1 Å². The molecule has 2 saturated carbocycles. The van der Waals surface area contributed by atoms with Gasteiger partial charge in [-0.2, -0.15) is 0 Å². The van der Waals surface area contributed by atoms with Crippen molar-refractivity contribution in [1.82, 2.24) is 0 Å². The van der Waals surface area contributed by atoms with Gasteiger partial charge < -0.3 is 19.7 Å². The Labute approximate surface area is 214 Å². The van der Waals surface area contributed by atoms with Crippen LogP contribution in [-0.4, -0.2) is 53.0 Å². The minimum atomic E-state index is -1.34. The lowest BCUT2D eigenvalue weighted by Gasteiger charge is -2.63. The summed E-state index contributed by atoms with van der Waals surface area (Å²) in [6, 6.07) is 9.86. The molecule has 1 aromatic carbocycles. The molecule has 5 rings (SSSR count). The molecular weight excluding hydrogens is 456 g/mol. The fourth-order valence-corrected chi connectivity index (χ4v) is 7.68. The molecule has 1 aromatic rings. The SMILES string of the molecule is CC1=C2[C@@H](O)C(=O)[C@@]3(C)C(C[C@](C)(C[C@@H]1OC(=O)CCc1ccccc1)C2(C)C)[C@@H]1CO[C@@H]1C[C@@H]3O. The molecule has 0 amide bonds. The highest BCUT2D eigenvalue weighted by molar-refractivity contribution is 5.93. The van der Waals surface area contributed by atoms with E-state index in [2.05, 4.69) is 20.8 Å². The molecule has 1 saturated heterocycles. The molecule has 3 aliphatic carbocycles. The van der Waals surface area contributed by atoms with Crippen molar-refractivity contribution in [3.63, 3.8) is 0 Å². The normalized spacial score (nSPS) is 41.4. The Morgan fingerprint density at radius 2 is 1.81 bits per heavy atom. The number of carbonyl (C=O) groups excluding carboxylic acids is 2. The molecule has 6 nitrogen and oxygen atoms in total. The van der Waals surface area contributed by atoms with Crippen molar-refractivity contribution in [2.24, 2.45) is 28.1 Å². The summed E-state index contributed by atoms with van der Waals surface area (Å²) in [6.07, 6.45) is -0.104. The van der Waals surface area contributed by atoms with Gasteiger partial charge in [0.2, 0.25) is 0 Å². The first kappa shape index (κ1) is 25.6. The number of hydrogen-bond donors (Lipinski definition) is 2. The zero-order chi connectivity index (χ0) is 26.0. The lowest BCUT2D eigenvalue weighted by molar-refractivity contribution is -0.235. The van der Waals surface area contributed by atoms with Crippen molar-refractivity contribution in [2.45, 2.75) is 91.1 Å². The van der Waals surface area contributed by atoms with Crippen molar-refractivity contribution in [3.8, 4) is 0 Å². The van der Waals surface area contributed by atoms with Crippen LogP contribution in [0.3, 0.4) is 0 Å². The number of rotatable bonds is 4. The van der Waals surface area contributed by atoms with Crippen molar-refractivity contribution >= 4 is 11.8 Å². The standard InChI is InChI=1S/C30H40O6/c1-17-22(36-24(32)12-11-18-9-7-6-8-10-18)15-29(4)14-20-19-16-35-21(19)13-23(31)30(20,5)27(34)26(33)25(17)28(29,2)3/h6-10,19-23,26,31,33H,11-16H2,1-5H3/t19-,20?,21+,22-,23-,26+,29+,30-/m0/s1. The maximum absolute atomic E-state index is 14.0. The summed E-state index contributed by atoms with van der Waals surface area (Å²) in [5.74, 6) is -0.512. The van der Waals surface area contributed by atoms with E-state index in [1.807, 2.05) is 44.2 Å². The van der Waals surface area contributed by atoms with Gasteiger partial charge in [0.15, 0.2) is 5.78 Å². The van der Waals surface area contributed by atoms with E-state index >= 15 is 0 Å². The minimum Gasteiger partial charge on any atom is -0.458 e. The number of fused-ring (bicyclic) bond motifs is 5. The molecule has 3 fully saturated rings. The van der Waals surface area contributed by atoms with Crippen molar-refractivity contribution in [1.29, 1.82) is 0 Å². The molecule has 196 valence electrons. The maximum Gasteiger partial charge on any atom is 0.306 e. The van der Waals surface area contributed by atoms with Gasteiger partial charge in [0.25, 0.3) is 0 Å². The Kier molecular flexibility index (Phi) is 6.25. The Hall–Kier alpha value is -2.02. The van der Waals surface area contributed by atoms with Crippen LogP contribution in [0.4, 0.5) is 0 Å². The fourth-order valence-electron chi connectivity index (χ4n) is 7.68. The Bertz CT molecular complexity index is 1080. The van der Waals surface area contributed by atoms with Crippen molar-refractivity contribution in [2.75, 3.05) is 6.61 Å². The molecule has 2 N–H and O–H groups in total. The van der Waals surface area contributed by atoms with Gasteiger partial charge in [0.05, 0.1) is 24.2 Å². The summed E-state index contributed by atoms with van der Waals surface area (Å²) in [7, 11) is 0. The number of Topliss-reactive ketones (excluding diaryl/α,β-unsaturated/α-hetero) is 1. The van der Waals surface area contributed by atoms with Gasteiger partial charge in [-0.25, -0.2) is 0 Å². The van der Waals surface area contributed by atoms with Crippen LogP contribution in [0.25, 0.3) is 0 Å². The van der Waals surface area contributed by atoms with Crippen LogP contribution in [-0.2, 0) is 25.5 Å². The van der Waals surface area contributed by atoms with Gasteiger partial charge in [-0.1, -0.05) is 51.1 Å². The third-order valence-electron chi connectivity index (χ3n) is 10.6. The lowest BCUT2D eigenvalue weighted by Crippen LogP contribution is -2.67. The summed E-state index contributed by atoms with van der Waals surface area (Å²) in [5.41, 5.74) is 0.636. The van der Waals surface area contributed by atoms with Gasteiger partial charge >= 0.3 is 5.97 Å². The van der Waals surface area contributed by atoms with Gasteiger partial charge in [-0.15, -0.1) is 0 Å². The Morgan fingerprint density at radius 1 is 1.11 bits per heavy atom. The van der Waals surface area contributed by atoms with Gasteiger partial charge in [0.1, 0.15) is 12.2 Å². The molecule has 8 atom stereocenters. The average molecular weight is 497 g/mol. The van der Waals surface area contributed by atoms with Crippen LogP contribution < -0.4 is 0 Å². The summed E-state index contributed by atoms with van der Waals surface area (Å²) in [4.78, 5) is 26.9. The molecule has 6 heteroatoms. The molecule has 1 unspecified atom stereocenters. The van der Waals surface area contributed by atoms with Crippen LogP contribution in [0.2, 0.25) is 0 Å². The highest BCUT2D eigenvalue weighted by atomic mass is 16.5. The molecule has 36 heavy (non-hydrogen) atoms.